The normalized spacial score (nSPS) is 21.2. The average Bonchev–Trinajstić information content (AvgIpc) is 2.72. The number of alkyl halides is 3. The number of esters is 1. The second-order valence-electron chi connectivity index (χ2n) is 7.47. The third kappa shape index (κ3) is 5.12. The SMILES string of the molecule is CCOC(=O)C1C(=N)OC2=C(C(=O)CCC2)C1c1ccc(OC)c(COCC(F)(F)F)c1. The number of ketones is 1. The molecule has 0 saturated carbocycles. The Morgan fingerprint density at radius 1 is 1.28 bits per heavy atom. The molecule has 32 heavy (non-hydrogen) atoms. The smallest absolute Gasteiger partial charge is 0.411 e. The summed E-state index contributed by atoms with van der Waals surface area (Å²) in [6.45, 7) is -0.114. The lowest BCUT2D eigenvalue weighted by molar-refractivity contribution is -0.176. The number of nitrogens with one attached hydrogen (secondary N) is 1. The number of hydrogen-bond donors (Lipinski definition) is 1. The fourth-order valence-corrected chi connectivity index (χ4v) is 4.02. The minimum absolute atomic E-state index is 0.0777. The standard InChI is InChI=1S/C22H24F3NO6/c1-3-31-21(28)19-17(18-14(27)5-4-6-16(18)32-20(19)26)12-7-8-15(29-2)13(9-12)10-30-11-22(23,24)25/h7-9,17,19,26H,3-6,10-11H2,1-2H3. The molecule has 10 heteroatoms. The maximum atomic E-state index is 12.8. The second kappa shape index (κ2) is 9.72. The molecule has 1 aromatic carbocycles. The lowest BCUT2D eigenvalue weighted by atomic mass is 9.73. The van der Waals surface area contributed by atoms with E-state index in [0.29, 0.717) is 41.1 Å². The van der Waals surface area contributed by atoms with Gasteiger partial charge in [0.15, 0.2) is 5.78 Å². The summed E-state index contributed by atoms with van der Waals surface area (Å²) in [4.78, 5) is 25.5. The lowest BCUT2D eigenvalue weighted by Gasteiger charge is -2.36. The summed E-state index contributed by atoms with van der Waals surface area (Å²) < 4.78 is 58.2. The van der Waals surface area contributed by atoms with Crippen molar-refractivity contribution < 1.29 is 41.7 Å². The molecule has 0 saturated heterocycles. The van der Waals surface area contributed by atoms with Crippen molar-refractivity contribution in [3.63, 3.8) is 0 Å². The van der Waals surface area contributed by atoms with E-state index in [1.807, 2.05) is 0 Å². The van der Waals surface area contributed by atoms with Gasteiger partial charge in [0.1, 0.15) is 24.0 Å². The van der Waals surface area contributed by atoms with Crippen LogP contribution >= 0.6 is 0 Å². The lowest BCUT2D eigenvalue weighted by Crippen LogP contribution is -2.40. The van der Waals surface area contributed by atoms with E-state index in [9.17, 15) is 22.8 Å². The van der Waals surface area contributed by atoms with E-state index in [1.54, 1.807) is 13.0 Å². The zero-order valence-corrected chi connectivity index (χ0v) is 17.7. The molecule has 1 aliphatic carbocycles. The molecule has 7 nitrogen and oxygen atoms in total. The summed E-state index contributed by atoms with van der Waals surface area (Å²) in [5.41, 5.74) is 1.09. The Morgan fingerprint density at radius 3 is 2.69 bits per heavy atom. The third-order valence-electron chi connectivity index (χ3n) is 5.30. The van der Waals surface area contributed by atoms with Crippen LogP contribution in [0.3, 0.4) is 0 Å². The Morgan fingerprint density at radius 2 is 2.03 bits per heavy atom. The molecular formula is C22H24F3NO6. The van der Waals surface area contributed by atoms with E-state index < -0.39 is 30.6 Å². The van der Waals surface area contributed by atoms with E-state index >= 15 is 0 Å². The number of Topliss-reactive ketones (excluding diaryl/α,β-unsaturated/α-hetero) is 1. The van der Waals surface area contributed by atoms with Crippen molar-refractivity contribution in [1.82, 2.24) is 0 Å². The second-order valence-corrected chi connectivity index (χ2v) is 7.47. The molecular weight excluding hydrogens is 431 g/mol. The van der Waals surface area contributed by atoms with Crippen LogP contribution in [-0.4, -0.2) is 44.2 Å². The summed E-state index contributed by atoms with van der Waals surface area (Å²) in [5, 5.41) is 8.29. The van der Waals surface area contributed by atoms with Crippen molar-refractivity contribution in [2.24, 2.45) is 5.92 Å². The summed E-state index contributed by atoms with van der Waals surface area (Å²) >= 11 is 0. The predicted molar refractivity (Wildman–Crippen MR) is 106 cm³/mol. The summed E-state index contributed by atoms with van der Waals surface area (Å²) in [7, 11) is 1.37. The summed E-state index contributed by atoms with van der Waals surface area (Å²) in [5.74, 6) is -2.62. The molecule has 1 heterocycles. The van der Waals surface area contributed by atoms with Crippen LogP contribution < -0.4 is 4.74 Å². The molecule has 0 amide bonds. The number of rotatable bonds is 7. The van der Waals surface area contributed by atoms with Crippen LogP contribution in [0.5, 0.6) is 5.75 Å². The molecule has 0 fully saturated rings. The van der Waals surface area contributed by atoms with Crippen molar-refractivity contribution in [3.8, 4) is 5.75 Å². The summed E-state index contributed by atoms with van der Waals surface area (Å²) in [6, 6.07) is 4.70. The topological polar surface area (TPSA) is 94.9 Å². The first-order chi connectivity index (χ1) is 15.2. The Labute approximate surface area is 183 Å². The molecule has 2 unspecified atom stereocenters. The molecule has 1 aliphatic heterocycles. The van der Waals surface area contributed by atoms with Gasteiger partial charge in [0.25, 0.3) is 0 Å². The number of hydrogen-bond acceptors (Lipinski definition) is 7. The van der Waals surface area contributed by atoms with Crippen molar-refractivity contribution in [2.45, 2.75) is 44.9 Å². The Hall–Kier alpha value is -2.88. The van der Waals surface area contributed by atoms with Gasteiger partial charge in [-0.25, -0.2) is 0 Å². The minimum atomic E-state index is -4.48. The maximum Gasteiger partial charge on any atom is 0.411 e. The zero-order chi connectivity index (χ0) is 23.5. The highest BCUT2D eigenvalue weighted by molar-refractivity contribution is 6.06. The van der Waals surface area contributed by atoms with Gasteiger partial charge in [-0.2, -0.15) is 13.2 Å². The van der Waals surface area contributed by atoms with Crippen LogP contribution in [0, 0.1) is 11.3 Å². The third-order valence-corrected chi connectivity index (χ3v) is 5.30. The van der Waals surface area contributed by atoms with E-state index in [1.165, 1.54) is 19.2 Å². The minimum Gasteiger partial charge on any atom is -0.496 e. The quantitative estimate of drug-likeness (QED) is 0.624. The Balaban J connectivity index is 2.05. The molecule has 0 bridgehead atoms. The van der Waals surface area contributed by atoms with Crippen LogP contribution in [-0.2, 0) is 30.4 Å². The highest BCUT2D eigenvalue weighted by Gasteiger charge is 2.46. The van der Waals surface area contributed by atoms with Gasteiger partial charge >= 0.3 is 12.1 Å². The monoisotopic (exact) mass is 455 g/mol. The van der Waals surface area contributed by atoms with E-state index in [4.69, 9.17) is 24.4 Å². The largest absolute Gasteiger partial charge is 0.496 e. The predicted octanol–water partition coefficient (Wildman–Crippen LogP) is 4.05. The molecule has 1 N–H and O–H groups in total. The fraction of sp³-hybridized carbons (Fsp3) is 0.500. The van der Waals surface area contributed by atoms with Gasteiger partial charge in [-0.15, -0.1) is 0 Å². The molecule has 2 atom stereocenters. The molecule has 0 aromatic heterocycles. The highest BCUT2D eigenvalue weighted by atomic mass is 19.4. The van der Waals surface area contributed by atoms with Gasteiger partial charge in [0.05, 0.1) is 20.3 Å². The van der Waals surface area contributed by atoms with Gasteiger partial charge in [0, 0.05) is 29.9 Å². The number of halogens is 3. The number of ether oxygens (including phenoxy) is 4. The molecule has 174 valence electrons. The van der Waals surface area contributed by atoms with Crippen LogP contribution in [0.15, 0.2) is 29.5 Å². The number of allylic oxidation sites excluding steroid dienone is 2. The van der Waals surface area contributed by atoms with E-state index in [-0.39, 0.29) is 31.3 Å². The fourth-order valence-electron chi connectivity index (χ4n) is 4.02. The van der Waals surface area contributed by atoms with Crippen molar-refractivity contribution >= 4 is 17.7 Å². The first kappa shape index (κ1) is 23.8. The van der Waals surface area contributed by atoms with Crippen LogP contribution in [0.2, 0.25) is 0 Å². The van der Waals surface area contributed by atoms with Crippen LogP contribution in [0.4, 0.5) is 13.2 Å². The molecule has 0 spiro atoms. The number of benzene rings is 1. The van der Waals surface area contributed by atoms with Gasteiger partial charge in [-0.3, -0.25) is 15.0 Å². The first-order valence-electron chi connectivity index (χ1n) is 10.2. The van der Waals surface area contributed by atoms with Gasteiger partial charge < -0.3 is 18.9 Å². The van der Waals surface area contributed by atoms with E-state index in [2.05, 4.69) is 0 Å². The van der Waals surface area contributed by atoms with Crippen molar-refractivity contribution in [1.29, 1.82) is 5.41 Å². The average molecular weight is 455 g/mol. The molecule has 1 aromatic rings. The van der Waals surface area contributed by atoms with Gasteiger partial charge in [0.2, 0.25) is 5.90 Å². The van der Waals surface area contributed by atoms with Crippen LogP contribution in [0.1, 0.15) is 43.2 Å². The van der Waals surface area contributed by atoms with Crippen molar-refractivity contribution in [3.05, 3.63) is 40.7 Å². The molecule has 2 aliphatic rings. The number of carbonyl (C=O) groups excluding carboxylic acids is 2. The number of methoxy groups -OCH3 is 1. The zero-order valence-electron chi connectivity index (χ0n) is 17.7. The van der Waals surface area contributed by atoms with Gasteiger partial charge in [-0.1, -0.05) is 6.07 Å². The van der Waals surface area contributed by atoms with Gasteiger partial charge in [-0.05, 0) is 31.0 Å². The molecule has 0 radical (unpaired) electrons. The number of carbonyl (C=O) groups is 2. The van der Waals surface area contributed by atoms with Crippen molar-refractivity contribution in [2.75, 3.05) is 20.3 Å². The van der Waals surface area contributed by atoms with Crippen LogP contribution in [0.25, 0.3) is 0 Å². The Kier molecular flexibility index (Phi) is 7.22. The first-order valence-corrected chi connectivity index (χ1v) is 10.2. The maximum absolute atomic E-state index is 12.8. The highest BCUT2D eigenvalue weighted by Crippen LogP contribution is 2.45. The Bertz CT molecular complexity index is 940. The molecule has 3 rings (SSSR count). The summed E-state index contributed by atoms with van der Waals surface area (Å²) in [6.07, 6.45) is -3.18. The van der Waals surface area contributed by atoms with E-state index in [0.717, 1.165) is 0 Å².